The Bertz CT molecular complexity index is 441. The smallest absolute Gasteiger partial charge is 0.229 e. The number of hydrogen-bond donors (Lipinski definition) is 0. The maximum Gasteiger partial charge on any atom is 0.229 e. The van der Waals surface area contributed by atoms with Crippen LogP contribution in [0.25, 0.3) is 0 Å². The molecular formula is C14H17NO. The summed E-state index contributed by atoms with van der Waals surface area (Å²) in [6, 6.07) is 10.2. The lowest BCUT2D eigenvalue weighted by molar-refractivity contribution is -0.133. The minimum absolute atomic E-state index is 0.0538. The van der Waals surface area contributed by atoms with Gasteiger partial charge < -0.3 is 4.90 Å². The Labute approximate surface area is 96.3 Å². The highest BCUT2D eigenvalue weighted by Crippen LogP contribution is 2.68. The van der Waals surface area contributed by atoms with E-state index in [1.165, 1.54) is 5.56 Å². The fraction of sp³-hybridized carbons (Fsp3) is 0.500. The lowest BCUT2D eigenvalue weighted by Crippen LogP contribution is -2.30. The zero-order chi connectivity index (χ0) is 11.4. The van der Waals surface area contributed by atoms with E-state index in [2.05, 4.69) is 26.0 Å². The van der Waals surface area contributed by atoms with Crippen molar-refractivity contribution in [3.63, 3.8) is 0 Å². The molecule has 3 rings (SSSR count). The summed E-state index contributed by atoms with van der Waals surface area (Å²) in [7, 11) is 0. The molecule has 1 aliphatic carbocycles. The number of fused-ring (bicyclic) bond motifs is 1. The molecule has 1 aromatic rings. The average molecular weight is 215 g/mol. The monoisotopic (exact) mass is 215 g/mol. The molecule has 0 radical (unpaired) electrons. The first-order chi connectivity index (χ1) is 7.55. The fourth-order valence-corrected chi connectivity index (χ4v) is 3.07. The first-order valence-corrected chi connectivity index (χ1v) is 5.89. The molecule has 2 nitrogen and oxygen atoms in total. The maximum atomic E-state index is 12.2. The van der Waals surface area contributed by atoms with Gasteiger partial charge in [0.05, 0.1) is 5.41 Å². The summed E-state index contributed by atoms with van der Waals surface area (Å²) in [6.07, 6.45) is 1.07. The summed E-state index contributed by atoms with van der Waals surface area (Å²) in [5, 5.41) is 0. The Hall–Kier alpha value is -1.31. The third-order valence-corrected chi connectivity index (χ3v) is 4.47. The standard InChI is InChI=1S/C14H17NO/c1-13-9-14(13,2)12(16)15(10-13)8-11-6-4-3-5-7-11/h3-7H,8-10H2,1-2H3. The number of amides is 1. The lowest BCUT2D eigenvalue weighted by Gasteiger charge is -2.20. The van der Waals surface area contributed by atoms with Crippen LogP contribution in [0.3, 0.4) is 0 Å². The summed E-state index contributed by atoms with van der Waals surface area (Å²) in [6.45, 7) is 6.04. The first kappa shape index (κ1) is 9.88. The number of rotatable bonds is 2. The molecule has 84 valence electrons. The minimum atomic E-state index is -0.0538. The van der Waals surface area contributed by atoms with Crippen molar-refractivity contribution in [2.24, 2.45) is 10.8 Å². The molecule has 1 heterocycles. The Balaban J connectivity index is 1.78. The van der Waals surface area contributed by atoms with E-state index in [1.807, 2.05) is 23.1 Å². The highest BCUT2D eigenvalue weighted by molar-refractivity contribution is 5.89. The van der Waals surface area contributed by atoms with Gasteiger partial charge >= 0.3 is 0 Å². The van der Waals surface area contributed by atoms with Crippen molar-refractivity contribution >= 4 is 5.91 Å². The van der Waals surface area contributed by atoms with Crippen LogP contribution in [0, 0.1) is 10.8 Å². The molecule has 2 heteroatoms. The quantitative estimate of drug-likeness (QED) is 0.742. The lowest BCUT2D eigenvalue weighted by atomic mass is 10.0. The Kier molecular flexibility index (Phi) is 1.78. The van der Waals surface area contributed by atoms with Crippen LogP contribution in [0.1, 0.15) is 25.8 Å². The molecule has 1 aliphatic heterocycles. The molecular weight excluding hydrogens is 198 g/mol. The highest BCUT2D eigenvalue weighted by atomic mass is 16.2. The number of nitrogens with zero attached hydrogens (tertiary/aromatic N) is 1. The van der Waals surface area contributed by atoms with Gasteiger partial charge in [0.1, 0.15) is 0 Å². The van der Waals surface area contributed by atoms with Gasteiger partial charge in [0.25, 0.3) is 0 Å². The van der Waals surface area contributed by atoms with E-state index in [4.69, 9.17) is 0 Å². The normalized spacial score (nSPS) is 36.4. The molecule has 0 aromatic heterocycles. The van der Waals surface area contributed by atoms with Crippen molar-refractivity contribution in [1.82, 2.24) is 4.90 Å². The number of benzene rings is 1. The Morgan fingerprint density at radius 2 is 1.94 bits per heavy atom. The molecule has 16 heavy (non-hydrogen) atoms. The van der Waals surface area contributed by atoms with Crippen molar-refractivity contribution in [3.8, 4) is 0 Å². The van der Waals surface area contributed by atoms with Crippen molar-refractivity contribution in [2.45, 2.75) is 26.8 Å². The fourth-order valence-electron chi connectivity index (χ4n) is 3.07. The average Bonchev–Trinajstić information content (AvgIpc) is 2.76. The zero-order valence-corrected chi connectivity index (χ0v) is 9.86. The third-order valence-electron chi connectivity index (χ3n) is 4.47. The van der Waals surface area contributed by atoms with E-state index in [1.54, 1.807) is 0 Å². The van der Waals surface area contributed by atoms with Gasteiger partial charge in [-0.2, -0.15) is 0 Å². The van der Waals surface area contributed by atoms with Gasteiger partial charge in [0, 0.05) is 18.5 Å². The summed E-state index contributed by atoms with van der Waals surface area (Å²) in [5.74, 6) is 0.346. The molecule has 0 spiro atoms. The third kappa shape index (κ3) is 1.16. The number of carbonyl (C=O) groups excluding carboxylic acids is 1. The van der Waals surface area contributed by atoms with E-state index in [9.17, 15) is 4.79 Å². The number of likely N-dealkylation sites (tertiary alicyclic amines) is 1. The molecule has 2 aliphatic rings. The highest BCUT2D eigenvalue weighted by Gasteiger charge is 2.71. The van der Waals surface area contributed by atoms with Crippen LogP contribution < -0.4 is 0 Å². The van der Waals surface area contributed by atoms with Crippen LogP contribution in [0.4, 0.5) is 0 Å². The second-order valence-electron chi connectivity index (χ2n) is 5.72. The van der Waals surface area contributed by atoms with Gasteiger partial charge in [0.15, 0.2) is 0 Å². The molecule has 2 atom stereocenters. The predicted octanol–water partition coefficient (Wildman–Crippen LogP) is 2.45. The topological polar surface area (TPSA) is 20.3 Å². The van der Waals surface area contributed by atoms with Gasteiger partial charge in [0.2, 0.25) is 5.91 Å². The van der Waals surface area contributed by atoms with Crippen LogP contribution in [0.5, 0.6) is 0 Å². The predicted molar refractivity (Wildman–Crippen MR) is 62.7 cm³/mol. The zero-order valence-electron chi connectivity index (χ0n) is 9.86. The summed E-state index contributed by atoms with van der Waals surface area (Å²) in [4.78, 5) is 14.2. The number of piperidine rings is 1. The van der Waals surface area contributed by atoms with Crippen molar-refractivity contribution in [1.29, 1.82) is 0 Å². The van der Waals surface area contributed by atoms with E-state index in [0.29, 0.717) is 5.91 Å². The van der Waals surface area contributed by atoms with Crippen LogP contribution in [0.15, 0.2) is 30.3 Å². The Morgan fingerprint density at radius 3 is 2.50 bits per heavy atom. The summed E-state index contributed by atoms with van der Waals surface area (Å²) < 4.78 is 0. The van der Waals surface area contributed by atoms with Gasteiger partial charge in [-0.25, -0.2) is 0 Å². The van der Waals surface area contributed by atoms with Crippen molar-refractivity contribution in [3.05, 3.63) is 35.9 Å². The van der Waals surface area contributed by atoms with E-state index < -0.39 is 0 Å². The maximum absolute atomic E-state index is 12.2. The van der Waals surface area contributed by atoms with Crippen molar-refractivity contribution < 1.29 is 4.79 Å². The van der Waals surface area contributed by atoms with Gasteiger partial charge in [-0.15, -0.1) is 0 Å². The molecule has 0 bridgehead atoms. The van der Waals surface area contributed by atoms with Gasteiger partial charge in [-0.3, -0.25) is 4.79 Å². The summed E-state index contributed by atoms with van der Waals surface area (Å²) >= 11 is 0. The molecule has 1 saturated carbocycles. The molecule has 2 fully saturated rings. The van der Waals surface area contributed by atoms with Crippen molar-refractivity contribution in [2.75, 3.05) is 6.54 Å². The summed E-state index contributed by atoms with van der Waals surface area (Å²) in [5.41, 5.74) is 1.42. The van der Waals surface area contributed by atoms with Crippen LogP contribution >= 0.6 is 0 Å². The molecule has 2 unspecified atom stereocenters. The first-order valence-electron chi connectivity index (χ1n) is 5.89. The minimum Gasteiger partial charge on any atom is -0.337 e. The van der Waals surface area contributed by atoms with E-state index >= 15 is 0 Å². The van der Waals surface area contributed by atoms with E-state index in [0.717, 1.165) is 19.5 Å². The number of hydrogen-bond acceptors (Lipinski definition) is 1. The van der Waals surface area contributed by atoms with Gasteiger partial charge in [-0.05, 0) is 12.0 Å². The molecule has 1 aromatic carbocycles. The molecule has 1 amide bonds. The van der Waals surface area contributed by atoms with Crippen LogP contribution in [-0.2, 0) is 11.3 Å². The van der Waals surface area contributed by atoms with E-state index in [-0.39, 0.29) is 10.8 Å². The largest absolute Gasteiger partial charge is 0.337 e. The molecule has 0 N–H and O–H groups in total. The Morgan fingerprint density at radius 1 is 1.25 bits per heavy atom. The SMILES string of the molecule is CC12CN(Cc3ccccc3)C(=O)C1(C)C2. The second-order valence-corrected chi connectivity index (χ2v) is 5.72. The van der Waals surface area contributed by atoms with Gasteiger partial charge in [-0.1, -0.05) is 44.2 Å². The second kappa shape index (κ2) is 2.88. The van der Waals surface area contributed by atoms with Crippen LogP contribution in [0.2, 0.25) is 0 Å². The number of carbonyl (C=O) groups is 1. The van der Waals surface area contributed by atoms with Crippen LogP contribution in [-0.4, -0.2) is 17.4 Å². The molecule has 1 saturated heterocycles.